The highest BCUT2D eigenvalue weighted by Crippen LogP contribution is 2.37. The number of anilines is 1. The molecular formula is C19H22N2O7. The Bertz CT molecular complexity index is 883. The van der Waals surface area contributed by atoms with Gasteiger partial charge in [-0.1, -0.05) is 0 Å². The van der Waals surface area contributed by atoms with Crippen LogP contribution in [0.5, 0.6) is 23.0 Å². The minimum Gasteiger partial charge on any atom is -0.493 e. The van der Waals surface area contributed by atoms with Crippen LogP contribution < -0.4 is 23.8 Å². The average molecular weight is 390 g/mol. The number of amides is 1. The lowest BCUT2D eigenvalue weighted by Gasteiger charge is -2.20. The molecule has 0 aliphatic heterocycles. The van der Waals surface area contributed by atoms with Crippen LogP contribution in [0, 0.1) is 10.1 Å². The first kappa shape index (κ1) is 20.8. The molecule has 2 aromatic rings. The lowest BCUT2D eigenvalue weighted by molar-refractivity contribution is -0.385. The SMILES string of the molecule is CCOc1cc([N+](=O)[O-])c(C(=O)N(C)c2ccc(OC)c(OC)c2)cc1OC. The maximum Gasteiger partial charge on any atom is 0.286 e. The van der Waals surface area contributed by atoms with E-state index in [4.69, 9.17) is 18.9 Å². The Balaban J connectivity index is 2.51. The number of nitro groups is 1. The van der Waals surface area contributed by atoms with Crippen LogP contribution in [0.3, 0.4) is 0 Å². The quantitative estimate of drug-likeness (QED) is 0.503. The molecule has 0 heterocycles. The highest BCUT2D eigenvalue weighted by atomic mass is 16.6. The summed E-state index contributed by atoms with van der Waals surface area (Å²) < 4.78 is 21.0. The van der Waals surface area contributed by atoms with Crippen molar-refractivity contribution in [1.29, 1.82) is 0 Å². The number of rotatable bonds is 8. The number of benzene rings is 2. The van der Waals surface area contributed by atoms with Gasteiger partial charge in [-0.2, -0.15) is 0 Å². The lowest BCUT2D eigenvalue weighted by atomic mass is 10.1. The highest BCUT2D eigenvalue weighted by molar-refractivity contribution is 6.09. The summed E-state index contributed by atoms with van der Waals surface area (Å²) in [7, 11) is 5.89. The van der Waals surface area contributed by atoms with E-state index in [-0.39, 0.29) is 22.7 Å². The molecule has 0 aromatic heterocycles. The minimum atomic E-state index is -0.627. The first-order valence-corrected chi connectivity index (χ1v) is 8.37. The molecule has 150 valence electrons. The molecule has 0 saturated carbocycles. The van der Waals surface area contributed by atoms with Crippen molar-refractivity contribution in [2.24, 2.45) is 0 Å². The average Bonchev–Trinajstić information content (AvgIpc) is 2.71. The van der Waals surface area contributed by atoms with Gasteiger partial charge in [-0.25, -0.2) is 0 Å². The second kappa shape index (κ2) is 8.94. The molecule has 0 atom stereocenters. The van der Waals surface area contributed by atoms with Crippen LogP contribution in [0.4, 0.5) is 11.4 Å². The van der Waals surface area contributed by atoms with E-state index in [0.29, 0.717) is 23.8 Å². The number of methoxy groups -OCH3 is 3. The van der Waals surface area contributed by atoms with Crippen LogP contribution in [0.25, 0.3) is 0 Å². The van der Waals surface area contributed by atoms with Gasteiger partial charge in [0.1, 0.15) is 5.56 Å². The molecule has 0 aliphatic carbocycles. The summed E-state index contributed by atoms with van der Waals surface area (Å²) in [5.74, 6) is 0.776. The normalized spacial score (nSPS) is 10.2. The fourth-order valence-electron chi connectivity index (χ4n) is 2.63. The summed E-state index contributed by atoms with van der Waals surface area (Å²) in [5, 5.41) is 11.5. The molecule has 0 radical (unpaired) electrons. The molecule has 28 heavy (non-hydrogen) atoms. The smallest absolute Gasteiger partial charge is 0.286 e. The van der Waals surface area contributed by atoms with Crippen molar-refractivity contribution in [3.05, 3.63) is 46.0 Å². The fraction of sp³-hybridized carbons (Fsp3) is 0.316. The van der Waals surface area contributed by atoms with E-state index in [1.807, 2.05) is 0 Å². The van der Waals surface area contributed by atoms with Gasteiger partial charge in [0.05, 0.1) is 38.9 Å². The van der Waals surface area contributed by atoms with E-state index in [9.17, 15) is 14.9 Å². The number of nitrogens with zero attached hydrogens (tertiary/aromatic N) is 2. The summed E-state index contributed by atoms with van der Waals surface area (Å²) >= 11 is 0. The Hall–Kier alpha value is -3.49. The largest absolute Gasteiger partial charge is 0.493 e. The van der Waals surface area contributed by atoms with Crippen LogP contribution in [-0.4, -0.2) is 45.8 Å². The third-order valence-electron chi connectivity index (χ3n) is 4.07. The van der Waals surface area contributed by atoms with Crippen molar-refractivity contribution in [2.45, 2.75) is 6.92 Å². The van der Waals surface area contributed by atoms with Gasteiger partial charge in [0, 0.05) is 24.9 Å². The van der Waals surface area contributed by atoms with Gasteiger partial charge in [-0.05, 0) is 19.1 Å². The van der Waals surface area contributed by atoms with Crippen molar-refractivity contribution < 1.29 is 28.7 Å². The number of carbonyl (C=O) groups is 1. The zero-order chi connectivity index (χ0) is 20.8. The second-order valence-electron chi connectivity index (χ2n) is 5.61. The molecule has 0 unspecified atom stereocenters. The van der Waals surface area contributed by atoms with Crippen LogP contribution in [0.1, 0.15) is 17.3 Å². The summed E-state index contributed by atoms with van der Waals surface area (Å²) in [5.41, 5.74) is -0.0195. The van der Waals surface area contributed by atoms with E-state index in [0.717, 1.165) is 0 Å². The predicted molar refractivity (Wildman–Crippen MR) is 103 cm³/mol. The Morgan fingerprint density at radius 3 is 2.14 bits per heavy atom. The summed E-state index contributed by atoms with van der Waals surface area (Å²) in [6.07, 6.45) is 0. The zero-order valence-electron chi connectivity index (χ0n) is 16.3. The third kappa shape index (κ3) is 4.08. The maximum atomic E-state index is 13.0. The highest BCUT2D eigenvalue weighted by Gasteiger charge is 2.27. The Kier molecular flexibility index (Phi) is 6.64. The van der Waals surface area contributed by atoms with Crippen molar-refractivity contribution in [3.63, 3.8) is 0 Å². The zero-order valence-corrected chi connectivity index (χ0v) is 16.3. The molecule has 0 spiro atoms. The molecule has 9 heteroatoms. The van der Waals surface area contributed by atoms with Crippen molar-refractivity contribution in [1.82, 2.24) is 0 Å². The molecule has 0 saturated heterocycles. The number of nitro benzene ring substituents is 1. The van der Waals surface area contributed by atoms with Gasteiger partial charge in [-0.3, -0.25) is 14.9 Å². The first-order valence-electron chi connectivity index (χ1n) is 8.37. The van der Waals surface area contributed by atoms with E-state index in [1.54, 1.807) is 25.1 Å². The summed E-state index contributed by atoms with van der Waals surface area (Å²) in [6, 6.07) is 7.40. The molecule has 9 nitrogen and oxygen atoms in total. The molecule has 0 fully saturated rings. The van der Waals surface area contributed by atoms with Crippen LogP contribution in [0.15, 0.2) is 30.3 Å². The van der Waals surface area contributed by atoms with Crippen LogP contribution >= 0.6 is 0 Å². The molecule has 2 aromatic carbocycles. The Morgan fingerprint density at radius 2 is 1.61 bits per heavy atom. The van der Waals surface area contributed by atoms with Gasteiger partial charge in [0.2, 0.25) is 0 Å². The standard InChI is InChI=1S/C19H22N2O7/c1-6-28-18-11-14(21(23)24)13(10-17(18)27-5)19(22)20(2)12-7-8-15(25-3)16(9-12)26-4/h7-11H,6H2,1-5H3. The van der Waals surface area contributed by atoms with Gasteiger partial charge in [0.15, 0.2) is 23.0 Å². The monoisotopic (exact) mass is 390 g/mol. The fourth-order valence-corrected chi connectivity index (χ4v) is 2.63. The number of ether oxygens (including phenoxy) is 4. The lowest BCUT2D eigenvalue weighted by Crippen LogP contribution is -2.27. The Labute approximate surface area is 162 Å². The molecule has 0 aliphatic rings. The molecule has 2 rings (SSSR count). The van der Waals surface area contributed by atoms with E-state index in [2.05, 4.69) is 0 Å². The summed E-state index contributed by atoms with van der Waals surface area (Å²) in [6.45, 7) is 2.04. The topological polar surface area (TPSA) is 100 Å². The van der Waals surface area contributed by atoms with Crippen molar-refractivity contribution in [3.8, 4) is 23.0 Å². The van der Waals surface area contributed by atoms with E-state index >= 15 is 0 Å². The van der Waals surface area contributed by atoms with E-state index in [1.165, 1.54) is 45.4 Å². The molecule has 1 amide bonds. The number of hydrogen-bond acceptors (Lipinski definition) is 7. The number of carbonyl (C=O) groups excluding carboxylic acids is 1. The number of hydrogen-bond donors (Lipinski definition) is 0. The molecule has 0 bridgehead atoms. The van der Waals surface area contributed by atoms with Crippen LogP contribution in [-0.2, 0) is 0 Å². The Morgan fingerprint density at radius 1 is 1.00 bits per heavy atom. The van der Waals surface area contributed by atoms with Gasteiger partial charge in [-0.15, -0.1) is 0 Å². The van der Waals surface area contributed by atoms with Crippen molar-refractivity contribution in [2.75, 3.05) is 39.9 Å². The maximum absolute atomic E-state index is 13.0. The summed E-state index contributed by atoms with van der Waals surface area (Å²) in [4.78, 5) is 25.2. The van der Waals surface area contributed by atoms with Crippen molar-refractivity contribution >= 4 is 17.3 Å². The van der Waals surface area contributed by atoms with E-state index < -0.39 is 10.8 Å². The predicted octanol–water partition coefficient (Wildman–Crippen LogP) is 3.30. The van der Waals surface area contributed by atoms with Gasteiger partial charge < -0.3 is 23.8 Å². The van der Waals surface area contributed by atoms with Gasteiger partial charge >= 0.3 is 0 Å². The van der Waals surface area contributed by atoms with Gasteiger partial charge in [0.25, 0.3) is 11.6 Å². The molecular weight excluding hydrogens is 368 g/mol. The van der Waals surface area contributed by atoms with Crippen LogP contribution in [0.2, 0.25) is 0 Å². The molecule has 0 N–H and O–H groups in total. The first-order chi connectivity index (χ1) is 13.4. The third-order valence-corrected chi connectivity index (χ3v) is 4.07. The second-order valence-corrected chi connectivity index (χ2v) is 5.61. The minimum absolute atomic E-state index is 0.123.